The maximum absolute atomic E-state index is 12.5. The summed E-state index contributed by atoms with van der Waals surface area (Å²) >= 11 is 0. The third kappa shape index (κ3) is 10.8. The molecule has 2 heterocycles. The van der Waals surface area contributed by atoms with Gasteiger partial charge in [-0.3, -0.25) is 9.59 Å². The quantitative estimate of drug-likeness (QED) is 0.0723. The van der Waals surface area contributed by atoms with Gasteiger partial charge < -0.3 is 30.3 Å². The van der Waals surface area contributed by atoms with Crippen molar-refractivity contribution in [3.63, 3.8) is 0 Å². The maximum atomic E-state index is 12.5. The number of carbonyl (C=O) groups is 4. The molecule has 0 aromatic heterocycles. The van der Waals surface area contributed by atoms with Crippen LogP contribution in [0.25, 0.3) is 12.2 Å². The Hall–Kier alpha value is -6.68. The maximum Gasteiger partial charge on any atom is 0.335 e. The first-order valence-electron chi connectivity index (χ1n) is 19.4. The molecule has 298 valence electrons. The second kappa shape index (κ2) is 18.5. The molecule has 0 saturated carbocycles. The van der Waals surface area contributed by atoms with E-state index in [4.69, 9.17) is 9.47 Å². The minimum atomic E-state index is -0.408. The van der Waals surface area contributed by atoms with Crippen molar-refractivity contribution in [1.82, 2.24) is 5.32 Å². The highest BCUT2D eigenvalue weighted by atomic mass is 16.6. The molecule has 0 bridgehead atoms. The Kier molecular flexibility index (Phi) is 13.1. The Morgan fingerprint density at radius 1 is 0.741 bits per heavy atom. The summed E-state index contributed by atoms with van der Waals surface area (Å²) in [6.07, 6.45) is 7.92. The number of ether oxygens (including phenoxy) is 2. The minimum Gasteiger partial charge on any atom is -0.438 e. The van der Waals surface area contributed by atoms with E-state index in [-0.39, 0.29) is 35.3 Å². The van der Waals surface area contributed by atoms with E-state index >= 15 is 0 Å². The topological polar surface area (TPSA) is 126 Å². The Labute approximate surface area is 340 Å². The van der Waals surface area contributed by atoms with E-state index < -0.39 is 6.23 Å². The van der Waals surface area contributed by atoms with Crippen molar-refractivity contribution < 1.29 is 28.7 Å². The van der Waals surface area contributed by atoms with Crippen molar-refractivity contribution in [3.05, 3.63) is 161 Å². The minimum absolute atomic E-state index is 0.0257. The number of carbonyl (C=O) groups excluding carboxylic acids is 4. The van der Waals surface area contributed by atoms with E-state index in [1.807, 2.05) is 72.6 Å². The fourth-order valence-electron chi connectivity index (χ4n) is 6.69. The molecular formula is C48H50N4O6. The second-order valence-electron chi connectivity index (χ2n) is 15.1. The molecule has 0 aliphatic carbocycles. The average Bonchev–Trinajstić information content (AvgIpc) is 3.73. The molecule has 0 radical (unpaired) electrons. The fourth-order valence-corrected chi connectivity index (χ4v) is 6.69. The number of cyclic esters (lactones) is 2. The first kappa shape index (κ1) is 41.0. The van der Waals surface area contributed by atoms with Gasteiger partial charge in [0.1, 0.15) is 0 Å². The van der Waals surface area contributed by atoms with E-state index in [1.54, 1.807) is 18.2 Å². The van der Waals surface area contributed by atoms with E-state index in [9.17, 15) is 19.2 Å². The molecule has 2 aliphatic heterocycles. The van der Waals surface area contributed by atoms with Crippen LogP contribution in [0.2, 0.25) is 0 Å². The van der Waals surface area contributed by atoms with Gasteiger partial charge in [0.25, 0.3) is 0 Å². The van der Waals surface area contributed by atoms with Crippen molar-refractivity contribution in [2.45, 2.75) is 57.4 Å². The number of ketones is 1. The second-order valence-corrected chi connectivity index (χ2v) is 15.1. The van der Waals surface area contributed by atoms with Crippen LogP contribution >= 0.6 is 0 Å². The van der Waals surface area contributed by atoms with E-state index in [1.165, 1.54) is 17.2 Å². The molecule has 10 heteroatoms. The first-order chi connectivity index (χ1) is 27.8. The zero-order valence-electron chi connectivity index (χ0n) is 33.3. The van der Waals surface area contributed by atoms with Crippen LogP contribution in [-0.4, -0.2) is 56.2 Å². The van der Waals surface area contributed by atoms with Gasteiger partial charge in [-0.15, -0.1) is 0 Å². The number of esters is 2. The summed E-state index contributed by atoms with van der Waals surface area (Å²) in [5.74, 6) is -0.863. The number of nitrogens with one attached hydrogen (secondary N) is 3. The van der Waals surface area contributed by atoms with E-state index in [0.29, 0.717) is 49.9 Å². The van der Waals surface area contributed by atoms with Gasteiger partial charge in [-0.1, -0.05) is 93.7 Å². The smallest absolute Gasteiger partial charge is 0.335 e. The fraction of sp³-hybridized carbons (Fsp3) is 0.250. The number of nitrogens with zero attached hydrogens (tertiary/aromatic N) is 1. The van der Waals surface area contributed by atoms with Crippen molar-refractivity contribution in [2.75, 3.05) is 35.7 Å². The lowest BCUT2D eigenvalue weighted by Gasteiger charge is -2.26. The van der Waals surface area contributed by atoms with Gasteiger partial charge in [-0.2, -0.15) is 0 Å². The lowest BCUT2D eigenvalue weighted by molar-refractivity contribution is -0.139. The van der Waals surface area contributed by atoms with Crippen LogP contribution in [0.5, 0.6) is 0 Å². The predicted octanol–water partition coefficient (Wildman–Crippen LogP) is 7.98. The van der Waals surface area contributed by atoms with Crippen molar-refractivity contribution in [3.8, 4) is 0 Å². The summed E-state index contributed by atoms with van der Waals surface area (Å²) in [7, 11) is 1.87. The molecule has 4 aromatic rings. The number of anilines is 3. The van der Waals surface area contributed by atoms with E-state index in [0.717, 1.165) is 33.8 Å². The third-order valence-corrected chi connectivity index (χ3v) is 10.5. The van der Waals surface area contributed by atoms with Gasteiger partial charge in [0.05, 0.1) is 0 Å². The molecule has 2 saturated heterocycles. The van der Waals surface area contributed by atoms with Crippen LogP contribution < -0.4 is 20.9 Å². The first-order valence-corrected chi connectivity index (χ1v) is 19.4. The largest absolute Gasteiger partial charge is 0.438 e. The molecule has 6 rings (SSSR count). The molecule has 2 fully saturated rings. The summed E-state index contributed by atoms with van der Waals surface area (Å²) < 4.78 is 10.6. The monoisotopic (exact) mass is 778 g/mol. The highest BCUT2D eigenvalue weighted by Crippen LogP contribution is 2.32. The number of hydrogen-bond donors (Lipinski definition) is 3. The normalized spacial score (nSPS) is 16.7. The van der Waals surface area contributed by atoms with Crippen LogP contribution in [-0.2, 0) is 40.5 Å². The lowest BCUT2D eigenvalue weighted by Crippen LogP contribution is -2.30. The molecule has 4 aromatic carbocycles. The highest BCUT2D eigenvalue weighted by Gasteiger charge is 2.31. The molecule has 58 heavy (non-hydrogen) atoms. The van der Waals surface area contributed by atoms with Gasteiger partial charge >= 0.3 is 11.9 Å². The summed E-state index contributed by atoms with van der Waals surface area (Å²) in [4.78, 5) is 50.1. The number of rotatable bonds is 17. The molecule has 1 amide bonds. The summed E-state index contributed by atoms with van der Waals surface area (Å²) in [6, 6.07) is 32.1. The van der Waals surface area contributed by atoms with Crippen molar-refractivity contribution >= 4 is 52.8 Å². The molecule has 2 unspecified atom stereocenters. The van der Waals surface area contributed by atoms with E-state index in [2.05, 4.69) is 79.4 Å². The predicted molar refractivity (Wildman–Crippen MR) is 230 cm³/mol. The standard InChI is InChI=1S/C48H50N4O6/c1-32-30-44(57-46(32)55)51-40-18-8-34(9-19-40)12-24-42(53)27-29-49-39-20-16-38(17-21-39)48(3,4)37-14-6-36(7-15-37)26-28-50-43(54)25-13-35-10-22-41(23-11-35)52(5)45-31-33(2)47(56)58-45/h6-25,44-45,49,51H,1-2,26-31H2,3-5H3,(H,50,54)/b24-12+,25-13+. The Morgan fingerprint density at radius 3 is 1.91 bits per heavy atom. The average molecular weight is 779 g/mol. The Balaban J connectivity index is 0.892. The number of amides is 1. The third-order valence-electron chi connectivity index (χ3n) is 10.5. The number of benzene rings is 4. The molecule has 0 spiro atoms. The van der Waals surface area contributed by atoms with Crippen molar-refractivity contribution in [1.29, 1.82) is 0 Å². The number of allylic oxidation sites excluding steroid dienone is 1. The summed E-state index contributed by atoms with van der Waals surface area (Å²) in [5.41, 5.74) is 8.66. The zero-order valence-corrected chi connectivity index (χ0v) is 33.3. The molecule has 3 N–H and O–H groups in total. The van der Waals surface area contributed by atoms with Crippen LogP contribution in [0.4, 0.5) is 17.1 Å². The summed E-state index contributed by atoms with van der Waals surface area (Å²) in [5, 5.41) is 9.48. The zero-order chi connectivity index (χ0) is 41.2. The van der Waals surface area contributed by atoms with Gasteiger partial charge in [-0.05, 0) is 82.8 Å². The Morgan fingerprint density at radius 2 is 1.31 bits per heavy atom. The van der Waals surface area contributed by atoms with Crippen LogP contribution in [0, 0.1) is 0 Å². The van der Waals surface area contributed by atoms with Gasteiger partial charge in [0, 0.05) is 79.1 Å². The molecule has 2 atom stereocenters. The SMILES string of the molecule is C=C1CC(Nc2ccc(/C=C/C(=O)CCNc3ccc(C(C)(C)c4ccc(CCNC(=O)/C=C/c5ccc(N(C)C6CC(=C)C(=O)O6)cc5)cc4)cc3)cc2)OC1=O. The summed E-state index contributed by atoms with van der Waals surface area (Å²) in [6.45, 7) is 12.9. The van der Waals surface area contributed by atoms with Crippen LogP contribution in [0.3, 0.4) is 0 Å². The van der Waals surface area contributed by atoms with Gasteiger partial charge in [-0.25, -0.2) is 9.59 Å². The van der Waals surface area contributed by atoms with Crippen LogP contribution in [0.1, 0.15) is 60.9 Å². The Bertz CT molecular complexity index is 2170. The molecule has 2 aliphatic rings. The lowest BCUT2D eigenvalue weighted by atomic mass is 9.78. The molecular weight excluding hydrogens is 729 g/mol. The van der Waals surface area contributed by atoms with Gasteiger partial charge in [0.15, 0.2) is 18.2 Å². The van der Waals surface area contributed by atoms with Gasteiger partial charge in [0.2, 0.25) is 5.91 Å². The highest BCUT2D eigenvalue weighted by molar-refractivity contribution is 5.94. The molecule has 10 nitrogen and oxygen atoms in total. The number of hydrogen-bond acceptors (Lipinski definition) is 9. The van der Waals surface area contributed by atoms with Crippen LogP contribution in [0.15, 0.2) is 134 Å². The van der Waals surface area contributed by atoms with Crippen molar-refractivity contribution in [2.24, 2.45) is 0 Å².